The van der Waals surface area contributed by atoms with E-state index in [9.17, 15) is 33.6 Å². The molecule has 4 atom stereocenters. The fourth-order valence-electron chi connectivity index (χ4n) is 2.67. The predicted octanol–water partition coefficient (Wildman–Crippen LogP) is -1.84. The van der Waals surface area contributed by atoms with E-state index in [0.29, 0.717) is 17.1 Å². The molecule has 4 heterocycles. The van der Waals surface area contributed by atoms with Crippen molar-refractivity contribution >= 4 is 59.8 Å². The zero-order valence-corrected chi connectivity index (χ0v) is 38.9. The van der Waals surface area contributed by atoms with Gasteiger partial charge in [0.2, 0.25) is 0 Å². The number of aliphatic carboxylic acids is 5. The van der Waals surface area contributed by atoms with Gasteiger partial charge in [0.15, 0.2) is 6.10 Å². The molecule has 0 spiro atoms. The number of aromatic carboxylic acids is 1. The number of hydrogen-bond acceptors (Lipinski definition) is 15. The Kier molecular flexibility index (Phi) is 40.3. The van der Waals surface area contributed by atoms with Gasteiger partial charge in [0.25, 0.3) is 6.10 Å². The number of carbonyl (C=O) groups is 7. The standard InChI is InChI=1S/3C6H6N2O2.C6H5NO2.C6H10O7.C3H7NO2.Mn.2Zn/c3*9-6(10)2-1-5-3-7-4-8-5;8-6(9)5-3-1-2-4-7-5;7-1-2(8)3(9)4(10)5(11)6(12)13;1-2(4)3(5)6;;;/h3*1-4H,(H,7,8)(H,9,10);1-4H,(H,8,9);2-4,7-10H,1H2,(H,12,13);2H,4H2,1H3,(H,5,6);;;/p+1. The second-order valence-corrected chi connectivity index (χ2v) is 10.0. The van der Waals surface area contributed by atoms with Crippen LogP contribution in [-0.2, 0) is 84.8 Å². The molecule has 0 amide bonds. The number of aliphatic hydroxyl groups excluding tert-OH is 3. The largest absolute Gasteiger partial charge is 0.480 e. The molecule has 325 valence electrons. The number of aromatic amines is 3. The average Bonchev–Trinajstić information content (AvgIpc) is 4.01. The van der Waals surface area contributed by atoms with E-state index < -0.39 is 72.6 Å². The molecule has 25 nitrogen and oxygen atoms in total. The van der Waals surface area contributed by atoms with Crippen LogP contribution in [0.3, 0.4) is 0 Å². The summed E-state index contributed by atoms with van der Waals surface area (Å²) in [5.74, 6) is -8.25. The monoisotopic (exact) mass is 1000 g/mol. The number of rotatable bonds is 13. The maximum absolute atomic E-state index is 10.6. The number of pyridine rings is 1. The Morgan fingerprint density at radius 2 is 1.07 bits per heavy atom. The van der Waals surface area contributed by atoms with Crippen LogP contribution in [0.2, 0.25) is 0 Å². The van der Waals surface area contributed by atoms with Crippen LogP contribution in [0, 0.1) is 0 Å². The van der Waals surface area contributed by atoms with Gasteiger partial charge in [-0.1, -0.05) is 6.07 Å². The second-order valence-electron chi connectivity index (χ2n) is 10.0. The number of H-pyrrole nitrogens is 3. The van der Waals surface area contributed by atoms with Crippen molar-refractivity contribution in [2.45, 2.75) is 31.3 Å². The normalized spacial score (nSPS) is 11.5. The molecule has 4 unspecified atom stereocenters. The molecule has 0 aromatic carbocycles. The molecule has 4 rings (SSSR count). The van der Waals surface area contributed by atoms with E-state index in [1.807, 2.05) is 0 Å². The quantitative estimate of drug-likeness (QED) is 0.0303. The van der Waals surface area contributed by atoms with E-state index in [1.54, 1.807) is 30.7 Å². The molecular formula is C33H41MnN8O17Zn2+. The van der Waals surface area contributed by atoms with Gasteiger partial charge in [-0.25, -0.2) is 43.9 Å². The van der Waals surface area contributed by atoms with Crippen molar-refractivity contribution in [3.63, 3.8) is 0 Å². The van der Waals surface area contributed by atoms with E-state index in [2.05, 4.69) is 34.9 Å². The van der Waals surface area contributed by atoms with E-state index in [4.69, 9.17) is 56.8 Å². The Morgan fingerprint density at radius 1 is 0.705 bits per heavy atom. The number of ketones is 1. The van der Waals surface area contributed by atoms with Gasteiger partial charge in [0.05, 0.1) is 42.7 Å². The van der Waals surface area contributed by atoms with Gasteiger partial charge in [-0.3, -0.25) is 9.59 Å². The molecule has 0 saturated heterocycles. The SMILES string of the molecule is CC(N)C(=O)O.O=C(O)C(=O)C([OH2+])C(O)C(O)CO.O=C(O)C=Cc1c[nH]cn1.O=C(O)C=Cc1c[nH]cn1.O=C(O)C=Cc1c[nH]cn1.O=C(O)c1ccccn1.[Mn].[Zn].[Zn]. The average molecular weight is 1010 g/mol. The van der Waals surface area contributed by atoms with Crippen LogP contribution in [0.1, 0.15) is 34.5 Å². The van der Waals surface area contributed by atoms with Crippen molar-refractivity contribution < 1.29 is 141 Å². The summed E-state index contributed by atoms with van der Waals surface area (Å²) in [5, 5.41) is 81.8. The molecule has 0 aliphatic heterocycles. The number of carbonyl (C=O) groups excluding carboxylic acids is 1. The molecule has 4 aromatic heterocycles. The third-order valence-corrected chi connectivity index (χ3v) is 5.44. The fourth-order valence-corrected chi connectivity index (χ4v) is 2.67. The van der Waals surface area contributed by atoms with E-state index in [-0.39, 0.29) is 61.7 Å². The van der Waals surface area contributed by atoms with Crippen molar-refractivity contribution in [1.82, 2.24) is 34.9 Å². The Bertz CT molecular complexity index is 1770. The number of nitrogens with two attached hydrogens (primary N) is 1. The van der Waals surface area contributed by atoms with Crippen LogP contribution in [0.15, 0.2) is 80.2 Å². The van der Waals surface area contributed by atoms with E-state index >= 15 is 0 Å². The molecule has 0 saturated carbocycles. The first-order valence-electron chi connectivity index (χ1n) is 15.5. The summed E-state index contributed by atoms with van der Waals surface area (Å²) in [6.45, 7) is 0.575. The maximum Gasteiger partial charge on any atom is 0.380 e. The van der Waals surface area contributed by atoms with E-state index in [0.717, 1.165) is 18.2 Å². The van der Waals surface area contributed by atoms with Gasteiger partial charge in [-0.2, -0.15) is 0 Å². The van der Waals surface area contributed by atoms with Crippen LogP contribution in [0.4, 0.5) is 0 Å². The maximum atomic E-state index is 10.6. The first-order chi connectivity index (χ1) is 27.2. The minimum absolute atomic E-state index is 0. The van der Waals surface area contributed by atoms with Crippen LogP contribution in [0.5, 0.6) is 0 Å². The third-order valence-electron chi connectivity index (χ3n) is 5.44. The van der Waals surface area contributed by atoms with Crippen molar-refractivity contribution in [2.24, 2.45) is 5.73 Å². The van der Waals surface area contributed by atoms with Crippen molar-refractivity contribution in [3.8, 4) is 0 Å². The van der Waals surface area contributed by atoms with Gasteiger partial charge in [0, 0.05) is 99.0 Å². The summed E-state index contributed by atoms with van der Waals surface area (Å²) in [7, 11) is 0. The minimum atomic E-state index is -1.99. The zero-order valence-electron chi connectivity index (χ0n) is 31.8. The summed E-state index contributed by atoms with van der Waals surface area (Å²) in [4.78, 5) is 93.2. The number of aromatic nitrogens is 7. The third kappa shape index (κ3) is 35.7. The molecule has 28 heteroatoms. The van der Waals surface area contributed by atoms with Crippen LogP contribution in [-0.4, -0.2) is 159 Å². The molecule has 61 heavy (non-hydrogen) atoms. The fraction of sp³-hybridized carbons (Fsp3) is 0.182. The molecule has 1 radical (unpaired) electrons. The molecule has 4 aromatic rings. The molecule has 0 aliphatic rings. The first-order valence-corrected chi connectivity index (χ1v) is 15.5. The Morgan fingerprint density at radius 3 is 1.26 bits per heavy atom. The summed E-state index contributed by atoms with van der Waals surface area (Å²) in [5.41, 5.74) is 6.76. The number of hydrogen-bond donors (Lipinski definition) is 13. The van der Waals surface area contributed by atoms with Crippen LogP contribution < -0.4 is 5.73 Å². The number of imidazole rings is 3. The van der Waals surface area contributed by atoms with Crippen LogP contribution in [0.25, 0.3) is 18.2 Å². The topological polar surface area (TPSA) is 449 Å². The van der Waals surface area contributed by atoms with E-state index in [1.165, 1.54) is 56.4 Å². The molecule has 0 aliphatic carbocycles. The number of Topliss-reactive ketones (excluding diaryl/α,β-unsaturated/α-hetero) is 1. The summed E-state index contributed by atoms with van der Waals surface area (Å²) in [6.07, 6.45) is 12.5. The van der Waals surface area contributed by atoms with Gasteiger partial charge >= 0.3 is 41.6 Å². The second kappa shape index (κ2) is 38.3. The molecule has 16 N–H and O–H groups in total. The van der Waals surface area contributed by atoms with Gasteiger partial charge in [-0.05, 0) is 37.3 Å². The smallest absolute Gasteiger partial charge is 0.380 e. The molecular weight excluding hydrogens is 966 g/mol. The molecule has 0 fully saturated rings. The Labute approximate surface area is 380 Å². The minimum Gasteiger partial charge on any atom is -0.480 e. The Hall–Kier alpha value is -5.94. The predicted molar refractivity (Wildman–Crippen MR) is 197 cm³/mol. The van der Waals surface area contributed by atoms with Gasteiger partial charge in [0.1, 0.15) is 17.8 Å². The van der Waals surface area contributed by atoms with Crippen LogP contribution >= 0.6 is 0 Å². The first kappa shape index (κ1) is 64.2. The Balaban J connectivity index is -0.000000206. The van der Waals surface area contributed by atoms with Crippen molar-refractivity contribution in [1.29, 1.82) is 0 Å². The molecule has 0 bridgehead atoms. The number of nitrogens with zero attached hydrogens (tertiary/aromatic N) is 4. The van der Waals surface area contributed by atoms with Crippen molar-refractivity contribution in [3.05, 3.63) is 103 Å². The van der Waals surface area contributed by atoms with Gasteiger partial charge < -0.3 is 71.8 Å². The number of carboxylic acids is 6. The van der Waals surface area contributed by atoms with Crippen molar-refractivity contribution in [2.75, 3.05) is 6.61 Å². The summed E-state index contributed by atoms with van der Waals surface area (Å²) < 4.78 is 0. The van der Waals surface area contributed by atoms with Gasteiger partial charge in [-0.15, -0.1) is 0 Å². The number of aliphatic hydroxyl groups is 3. The number of carboxylic acid groups (broad SMARTS) is 6. The zero-order chi connectivity index (χ0) is 44.6. The summed E-state index contributed by atoms with van der Waals surface area (Å²) in [6, 6.07) is 4.02. The summed E-state index contributed by atoms with van der Waals surface area (Å²) >= 11 is 0. The number of nitrogens with one attached hydrogen (secondary N) is 3.